The Kier molecular flexibility index (Phi) is 8.15. The van der Waals surface area contributed by atoms with Crippen molar-refractivity contribution in [1.82, 2.24) is 14.1 Å². The summed E-state index contributed by atoms with van der Waals surface area (Å²) in [6, 6.07) is 6.80. The van der Waals surface area contributed by atoms with E-state index in [0.29, 0.717) is 12.7 Å². The van der Waals surface area contributed by atoms with Gasteiger partial charge in [0.25, 0.3) is 5.56 Å². The highest BCUT2D eigenvalue weighted by Crippen LogP contribution is 2.35. The second-order valence-corrected chi connectivity index (χ2v) is 7.54. The van der Waals surface area contributed by atoms with Crippen LogP contribution in [0.5, 0.6) is 17.4 Å². The summed E-state index contributed by atoms with van der Waals surface area (Å²) in [5, 5.41) is -0.379. The van der Waals surface area contributed by atoms with E-state index in [4.69, 9.17) is 25.8 Å². The number of hydrogen-bond donors (Lipinski definition) is 0. The predicted octanol–water partition coefficient (Wildman–Crippen LogP) is 3.52. The number of carbonyl (C=O) groups excluding carboxylic acids is 1. The minimum atomic E-state index is -5.00. The van der Waals surface area contributed by atoms with Crippen LogP contribution in [0.25, 0.3) is 5.82 Å². The van der Waals surface area contributed by atoms with E-state index >= 15 is 0 Å². The molecule has 0 bridgehead atoms. The number of para-hydroxylation sites is 2. The summed E-state index contributed by atoms with van der Waals surface area (Å²) in [4.78, 5) is 40.5. The summed E-state index contributed by atoms with van der Waals surface area (Å²) in [6.07, 6.45) is -5.00. The molecule has 0 atom stereocenters. The van der Waals surface area contributed by atoms with Gasteiger partial charge in [0.1, 0.15) is 23.9 Å². The van der Waals surface area contributed by atoms with Crippen molar-refractivity contribution >= 4 is 17.4 Å². The van der Waals surface area contributed by atoms with E-state index in [1.165, 1.54) is 12.1 Å². The van der Waals surface area contributed by atoms with Crippen molar-refractivity contribution in [2.75, 3.05) is 19.8 Å². The fourth-order valence-corrected chi connectivity index (χ4v) is 3.11. The van der Waals surface area contributed by atoms with E-state index in [1.54, 1.807) is 19.1 Å². The molecule has 0 N–H and O–H groups in total. The van der Waals surface area contributed by atoms with Gasteiger partial charge >= 0.3 is 11.9 Å². The van der Waals surface area contributed by atoms with Crippen LogP contribution < -0.4 is 20.7 Å². The van der Waals surface area contributed by atoms with Gasteiger partial charge in [0.2, 0.25) is 5.88 Å². The molecule has 0 aliphatic carbocycles. The van der Waals surface area contributed by atoms with Crippen LogP contribution in [0.4, 0.5) is 17.6 Å². The highest BCUT2D eigenvalue weighted by molar-refractivity contribution is 6.31. The van der Waals surface area contributed by atoms with E-state index in [2.05, 4.69) is 4.98 Å². The summed E-state index contributed by atoms with van der Waals surface area (Å²) < 4.78 is 70.3. The van der Waals surface area contributed by atoms with Crippen LogP contribution in [-0.2, 0) is 22.8 Å². The first-order valence-electron chi connectivity index (χ1n) is 10.2. The maximum Gasteiger partial charge on any atom is 0.431 e. The lowest BCUT2D eigenvalue weighted by atomic mass is 10.3. The molecule has 0 unspecified atom stereocenters. The molecule has 192 valence electrons. The Hall–Kier alpha value is -3.71. The number of carbonyl (C=O) groups is 1. The molecule has 0 amide bonds. The maximum absolute atomic E-state index is 14.7. The van der Waals surface area contributed by atoms with Gasteiger partial charge in [0.15, 0.2) is 28.9 Å². The molecule has 9 nitrogen and oxygen atoms in total. The lowest BCUT2D eigenvalue weighted by Gasteiger charge is -2.15. The lowest BCUT2D eigenvalue weighted by molar-refractivity contribution is -0.144. The van der Waals surface area contributed by atoms with Crippen LogP contribution in [0, 0.1) is 5.82 Å². The first-order valence-corrected chi connectivity index (χ1v) is 10.6. The van der Waals surface area contributed by atoms with Crippen molar-refractivity contribution in [1.29, 1.82) is 0 Å². The number of aromatic nitrogens is 3. The molecule has 0 aliphatic rings. The van der Waals surface area contributed by atoms with Crippen molar-refractivity contribution in [3.63, 3.8) is 0 Å². The predicted molar refractivity (Wildman–Crippen MR) is 119 cm³/mol. The second-order valence-electron chi connectivity index (χ2n) is 7.14. The first kappa shape index (κ1) is 26.9. The number of ether oxygens (including phenoxy) is 3. The topological polar surface area (TPSA) is 102 Å². The van der Waals surface area contributed by atoms with Crippen LogP contribution in [0.15, 0.2) is 46.0 Å². The maximum atomic E-state index is 14.7. The van der Waals surface area contributed by atoms with Crippen molar-refractivity contribution in [3.05, 3.63) is 73.8 Å². The molecule has 3 aromatic rings. The molecular formula is C22H18ClF4N3O6. The molecule has 0 saturated carbocycles. The van der Waals surface area contributed by atoms with E-state index < -0.39 is 40.6 Å². The zero-order valence-corrected chi connectivity index (χ0v) is 19.5. The van der Waals surface area contributed by atoms with Crippen LogP contribution >= 0.6 is 11.6 Å². The Morgan fingerprint density at radius 2 is 1.78 bits per heavy atom. The highest BCUT2D eigenvalue weighted by atomic mass is 35.5. The van der Waals surface area contributed by atoms with Gasteiger partial charge in [-0.25, -0.2) is 13.8 Å². The van der Waals surface area contributed by atoms with E-state index in [0.717, 1.165) is 7.05 Å². The third kappa shape index (κ3) is 5.91. The van der Waals surface area contributed by atoms with Crippen LogP contribution in [0.2, 0.25) is 5.02 Å². The summed E-state index contributed by atoms with van der Waals surface area (Å²) >= 11 is 6.01. The molecule has 0 spiro atoms. The van der Waals surface area contributed by atoms with Gasteiger partial charge in [-0.05, 0) is 19.1 Å². The third-order valence-electron chi connectivity index (χ3n) is 4.61. The number of ketones is 1. The molecule has 0 radical (unpaired) electrons. The smallest absolute Gasteiger partial charge is 0.431 e. The lowest BCUT2D eigenvalue weighted by Crippen LogP contribution is -2.41. The Labute approximate surface area is 205 Å². The fourth-order valence-electron chi connectivity index (χ4n) is 2.94. The van der Waals surface area contributed by atoms with Crippen LogP contribution in [0.1, 0.15) is 12.6 Å². The Morgan fingerprint density at radius 3 is 2.42 bits per heavy atom. The number of alkyl halides is 3. The Balaban J connectivity index is 2.00. The van der Waals surface area contributed by atoms with Gasteiger partial charge in [0, 0.05) is 25.8 Å². The molecule has 0 saturated heterocycles. The number of Topliss-reactive ketones (excluding diaryl/α,β-unsaturated/α-hetero) is 1. The minimum Gasteiger partial charge on any atom is -0.482 e. The average Bonchev–Trinajstić information content (AvgIpc) is 2.81. The zero-order chi connectivity index (χ0) is 26.6. The largest absolute Gasteiger partial charge is 0.482 e. The molecule has 0 aliphatic heterocycles. The Morgan fingerprint density at radius 1 is 1.11 bits per heavy atom. The Bertz CT molecular complexity index is 1400. The molecular weight excluding hydrogens is 514 g/mol. The number of nitrogens with zero attached hydrogens (tertiary/aromatic N) is 3. The number of rotatable bonds is 9. The molecule has 2 aromatic heterocycles. The van der Waals surface area contributed by atoms with Crippen LogP contribution in [0.3, 0.4) is 0 Å². The molecule has 0 fully saturated rings. The first-order chi connectivity index (χ1) is 16.9. The summed E-state index contributed by atoms with van der Waals surface area (Å²) in [5.74, 6) is -2.98. The van der Waals surface area contributed by atoms with E-state index in [1.807, 2.05) is 0 Å². The summed E-state index contributed by atoms with van der Waals surface area (Å²) in [6.45, 7) is 1.55. The summed E-state index contributed by atoms with van der Waals surface area (Å²) in [7, 11) is 0.771. The van der Waals surface area contributed by atoms with E-state index in [-0.39, 0.29) is 50.7 Å². The fraction of sp³-hybridized carbons (Fsp3) is 0.273. The normalized spacial score (nSPS) is 11.4. The monoisotopic (exact) mass is 531 g/mol. The van der Waals surface area contributed by atoms with Gasteiger partial charge in [-0.15, -0.1) is 0 Å². The molecule has 14 heteroatoms. The second kappa shape index (κ2) is 10.9. The SMILES string of the molecule is CCOCC(=O)COc1ccccc1Oc1nc(-n2c(=O)cc(C(F)(F)F)n(C)c2=O)c(F)cc1Cl. The number of halogens is 5. The van der Waals surface area contributed by atoms with Gasteiger partial charge < -0.3 is 14.2 Å². The van der Waals surface area contributed by atoms with Crippen molar-refractivity contribution in [2.24, 2.45) is 7.05 Å². The molecule has 1 aromatic carbocycles. The van der Waals surface area contributed by atoms with Crippen molar-refractivity contribution in [3.8, 4) is 23.2 Å². The summed E-state index contributed by atoms with van der Waals surface area (Å²) in [5.41, 5.74) is -4.49. The van der Waals surface area contributed by atoms with E-state index in [9.17, 15) is 31.9 Å². The number of pyridine rings is 1. The standard InChI is InChI=1S/C22H18ClF4N3O6/c1-3-34-10-12(31)11-35-15-6-4-5-7-16(15)36-20-13(23)8-14(24)19(28-20)30-18(32)9-17(22(25,26)27)29(2)21(30)33/h4-9H,3,10-11H2,1-2H3. The minimum absolute atomic E-state index is 0.0127. The number of benzene rings is 1. The average molecular weight is 532 g/mol. The van der Waals surface area contributed by atoms with Crippen LogP contribution in [-0.4, -0.2) is 39.7 Å². The van der Waals surface area contributed by atoms with Gasteiger partial charge in [-0.2, -0.15) is 18.2 Å². The molecule has 3 rings (SSSR count). The molecule has 2 heterocycles. The quantitative estimate of drug-likeness (QED) is 0.389. The highest BCUT2D eigenvalue weighted by Gasteiger charge is 2.35. The zero-order valence-electron chi connectivity index (χ0n) is 18.8. The van der Waals surface area contributed by atoms with Gasteiger partial charge in [-0.1, -0.05) is 23.7 Å². The van der Waals surface area contributed by atoms with Crippen molar-refractivity contribution < 1.29 is 36.6 Å². The van der Waals surface area contributed by atoms with Gasteiger partial charge in [-0.3, -0.25) is 14.2 Å². The molecule has 36 heavy (non-hydrogen) atoms. The third-order valence-corrected chi connectivity index (χ3v) is 4.88. The number of hydrogen-bond acceptors (Lipinski definition) is 7. The van der Waals surface area contributed by atoms with Gasteiger partial charge in [0.05, 0.1) is 0 Å². The van der Waals surface area contributed by atoms with Crippen molar-refractivity contribution in [2.45, 2.75) is 13.1 Å².